The van der Waals surface area contributed by atoms with Crippen molar-refractivity contribution < 1.29 is 19.0 Å². The Morgan fingerprint density at radius 3 is 2.06 bits per heavy atom. The standard InChI is InChI=1S/C27H29N3O4/c1-18(31)25-10-11-26(30-29-25)34-23-8-4-20(5-9-23)27(12-14-32-15-13-27)19-2-6-22(7-3-19)33-24-16-21(28)17-24/h2-11,21,24H,12-17,28H2,1H3. The average Bonchev–Trinajstić information content (AvgIpc) is 2.85. The van der Waals surface area contributed by atoms with Crippen LogP contribution in [-0.2, 0) is 10.2 Å². The molecule has 176 valence electrons. The van der Waals surface area contributed by atoms with Crippen molar-refractivity contribution in [2.75, 3.05) is 13.2 Å². The van der Waals surface area contributed by atoms with Gasteiger partial charge in [0.15, 0.2) is 5.78 Å². The molecule has 5 rings (SSSR count). The zero-order valence-corrected chi connectivity index (χ0v) is 19.3. The number of rotatable bonds is 7. The minimum absolute atomic E-state index is 0.128. The number of carbonyl (C=O) groups is 1. The first-order valence-corrected chi connectivity index (χ1v) is 11.8. The van der Waals surface area contributed by atoms with Crippen LogP contribution in [0, 0.1) is 0 Å². The smallest absolute Gasteiger partial charge is 0.238 e. The fraction of sp³-hybridized carbons (Fsp3) is 0.370. The average molecular weight is 460 g/mol. The van der Waals surface area contributed by atoms with Crippen LogP contribution in [0.25, 0.3) is 0 Å². The van der Waals surface area contributed by atoms with E-state index in [0.717, 1.165) is 31.4 Å². The Bertz CT molecular complexity index is 1120. The van der Waals surface area contributed by atoms with Crippen LogP contribution in [0.3, 0.4) is 0 Å². The van der Waals surface area contributed by atoms with E-state index in [0.29, 0.717) is 30.5 Å². The Morgan fingerprint density at radius 2 is 1.53 bits per heavy atom. The van der Waals surface area contributed by atoms with Crippen LogP contribution < -0.4 is 15.2 Å². The van der Waals surface area contributed by atoms with Crippen molar-refractivity contribution in [3.8, 4) is 17.4 Å². The molecule has 0 unspecified atom stereocenters. The van der Waals surface area contributed by atoms with Gasteiger partial charge in [-0.1, -0.05) is 24.3 Å². The molecule has 0 amide bonds. The first-order valence-electron chi connectivity index (χ1n) is 11.8. The summed E-state index contributed by atoms with van der Waals surface area (Å²) in [5, 5.41) is 7.88. The third-order valence-electron chi connectivity index (χ3n) is 6.82. The number of ether oxygens (including phenoxy) is 3. The Hall–Kier alpha value is -3.29. The molecule has 34 heavy (non-hydrogen) atoms. The topological polar surface area (TPSA) is 96.6 Å². The van der Waals surface area contributed by atoms with E-state index in [4.69, 9.17) is 19.9 Å². The van der Waals surface area contributed by atoms with E-state index in [-0.39, 0.29) is 23.3 Å². The summed E-state index contributed by atoms with van der Waals surface area (Å²) < 4.78 is 17.6. The fourth-order valence-electron chi connectivity index (χ4n) is 4.74. The summed E-state index contributed by atoms with van der Waals surface area (Å²) in [5.41, 5.74) is 8.54. The Morgan fingerprint density at radius 1 is 0.912 bits per heavy atom. The van der Waals surface area contributed by atoms with Gasteiger partial charge in [-0.3, -0.25) is 4.79 Å². The lowest BCUT2D eigenvalue weighted by Gasteiger charge is -2.38. The molecule has 1 aromatic heterocycles. The van der Waals surface area contributed by atoms with Gasteiger partial charge in [0.1, 0.15) is 23.3 Å². The first kappa shape index (κ1) is 22.5. The van der Waals surface area contributed by atoms with E-state index in [1.807, 2.05) is 12.1 Å². The van der Waals surface area contributed by atoms with Gasteiger partial charge in [0.25, 0.3) is 0 Å². The zero-order chi connectivity index (χ0) is 23.5. The molecule has 2 N–H and O–H groups in total. The van der Waals surface area contributed by atoms with E-state index in [9.17, 15) is 4.79 Å². The molecule has 7 heteroatoms. The summed E-state index contributed by atoms with van der Waals surface area (Å²) >= 11 is 0. The van der Waals surface area contributed by atoms with E-state index in [1.54, 1.807) is 12.1 Å². The van der Waals surface area contributed by atoms with E-state index < -0.39 is 0 Å². The summed E-state index contributed by atoms with van der Waals surface area (Å²) in [6.45, 7) is 2.89. The largest absolute Gasteiger partial charge is 0.490 e. The number of ketones is 1. The third-order valence-corrected chi connectivity index (χ3v) is 6.82. The van der Waals surface area contributed by atoms with Crippen molar-refractivity contribution in [3.05, 3.63) is 77.5 Å². The Labute approximate surface area is 199 Å². The highest BCUT2D eigenvalue weighted by atomic mass is 16.5. The number of nitrogens with two attached hydrogens (primary N) is 1. The summed E-state index contributed by atoms with van der Waals surface area (Å²) in [7, 11) is 0. The van der Waals surface area contributed by atoms with Gasteiger partial charge in [0.05, 0.1) is 0 Å². The molecule has 2 heterocycles. The van der Waals surface area contributed by atoms with Crippen molar-refractivity contribution in [3.63, 3.8) is 0 Å². The molecule has 0 atom stereocenters. The van der Waals surface area contributed by atoms with Gasteiger partial charge >= 0.3 is 0 Å². The quantitative estimate of drug-likeness (QED) is 0.522. The maximum absolute atomic E-state index is 11.4. The normalized spacial score (nSPS) is 21.4. The van der Waals surface area contributed by atoms with E-state index in [1.165, 1.54) is 18.1 Å². The second-order valence-corrected chi connectivity index (χ2v) is 9.13. The lowest BCUT2D eigenvalue weighted by molar-refractivity contribution is 0.0630. The van der Waals surface area contributed by atoms with Crippen LogP contribution in [0.1, 0.15) is 54.2 Å². The molecule has 0 spiro atoms. The summed E-state index contributed by atoms with van der Waals surface area (Å²) in [4.78, 5) is 11.4. The number of hydrogen-bond donors (Lipinski definition) is 1. The molecule has 0 bridgehead atoms. The van der Waals surface area contributed by atoms with E-state index in [2.05, 4.69) is 46.6 Å². The van der Waals surface area contributed by atoms with Gasteiger partial charge in [-0.2, -0.15) is 0 Å². The van der Waals surface area contributed by atoms with Crippen molar-refractivity contribution in [2.24, 2.45) is 5.73 Å². The van der Waals surface area contributed by atoms with Gasteiger partial charge in [0.2, 0.25) is 5.88 Å². The van der Waals surface area contributed by atoms with Crippen LogP contribution in [0.4, 0.5) is 0 Å². The van der Waals surface area contributed by atoms with Gasteiger partial charge in [-0.15, -0.1) is 10.2 Å². The van der Waals surface area contributed by atoms with Crippen LogP contribution >= 0.6 is 0 Å². The Kier molecular flexibility index (Phi) is 6.30. The third kappa shape index (κ3) is 4.67. The molecule has 0 radical (unpaired) electrons. The van der Waals surface area contributed by atoms with Crippen molar-refractivity contribution in [1.82, 2.24) is 10.2 Å². The minimum atomic E-state index is -0.128. The molecular weight excluding hydrogens is 430 g/mol. The summed E-state index contributed by atoms with van der Waals surface area (Å²) in [6.07, 6.45) is 3.88. The molecular formula is C27H29N3O4. The van der Waals surface area contributed by atoms with Crippen LogP contribution in [-0.4, -0.2) is 41.3 Å². The molecule has 1 aliphatic heterocycles. The van der Waals surface area contributed by atoms with Crippen LogP contribution in [0.5, 0.6) is 17.4 Å². The van der Waals surface area contributed by atoms with Crippen LogP contribution in [0.15, 0.2) is 60.7 Å². The monoisotopic (exact) mass is 459 g/mol. The second kappa shape index (κ2) is 9.52. The minimum Gasteiger partial charge on any atom is -0.490 e. The Balaban J connectivity index is 1.34. The maximum Gasteiger partial charge on any atom is 0.238 e. The molecule has 2 aromatic carbocycles. The number of nitrogens with zero attached hydrogens (tertiary/aromatic N) is 2. The molecule has 2 fully saturated rings. The number of benzene rings is 2. The number of hydrogen-bond acceptors (Lipinski definition) is 7. The highest BCUT2D eigenvalue weighted by molar-refractivity contribution is 5.91. The number of carbonyl (C=O) groups excluding carboxylic acids is 1. The highest BCUT2D eigenvalue weighted by Gasteiger charge is 2.36. The van der Waals surface area contributed by atoms with Crippen molar-refractivity contribution in [1.29, 1.82) is 0 Å². The first-order chi connectivity index (χ1) is 16.5. The number of Topliss-reactive ketones (excluding diaryl/α,β-unsaturated/α-hetero) is 1. The SMILES string of the molecule is CC(=O)c1ccc(Oc2ccc(C3(c4ccc(OC5CC(N)C5)cc4)CCOCC3)cc2)nn1. The van der Waals surface area contributed by atoms with Crippen molar-refractivity contribution in [2.45, 2.75) is 50.2 Å². The molecule has 3 aromatic rings. The molecule has 1 aliphatic carbocycles. The van der Waals surface area contributed by atoms with Gasteiger partial charge in [-0.25, -0.2) is 0 Å². The predicted molar refractivity (Wildman–Crippen MR) is 127 cm³/mol. The lowest BCUT2D eigenvalue weighted by atomic mass is 9.69. The van der Waals surface area contributed by atoms with E-state index >= 15 is 0 Å². The molecule has 1 saturated carbocycles. The molecule has 1 saturated heterocycles. The second-order valence-electron chi connectivity index (χ2n) is 9.13. The highest BCUT2D eigenvalue weighted by Crippen LogP contribution is 2.42. The predicted octanol–water partition coefficient (Wildman–Crippen LogP) is 4.44. The lowest BCUT2D eigenvalue weighted by Crippen LogP contribution is -2.43. The zero-order valence-electron chi connectivity index (χ0n) is 19.3. The fourth-order valence-corrected chi connectivity index (χ4v) is 4.74. The molecule has 2 aliphatic rings. The number of aromatic nitrogens is 2. The van der Waals surface area contributed by atoms with Gasteiger partial charge in [0, 0.05) is 37.7 Å². The summed E-state index contributed by atoms with van der Waals surface area (Å²) in [5.74, 6) is 1.78. The van der Waals surface area contributed by atoms with Gasteiger partial charge in [-0.05, 0) is 67.1 Å². The van der Waals surface area contributed by atoms with Gasteiger partial charge < -0.3 is 19.9 Å². The summed E-state index contributed by atoms with van der Waals surface area (Å²) in [6, 6.07) is 20.1. The maximum atomic E-state index is 11.4. The van der Waals surface area contributed by atoms with Crippen molar-refractivity contribution >= 4 is 5.78 Å². The van der Waals surface area contributed by atoms with Crippen LogP contribution in [0.2, 0.25) is 0 Å². The molecule has 7 nitrogen and oxygen atoms in total.